The zero-order valence-corrected chi connectivity index (χ0v) is 12.1. The van der Waals surface area contributed by atoms with Crippen molar-refractivity contribution in [3.05, 3.63) is 35.7 Å². The van der Waals surface area contributed by atoms with Gasteiger partial charge in [0.15, 0.2) is 5.13 Å². The average Bonchev–Trinajstić information content (AvgIpc) is 3.18. The second-order valence-corrected chi connectivity index (χ2v) is 5.89. The first kappa shape index (κ1) is 13.6. The van der Waals surface area contributed by atoms with Crippen molar-refractivity contribution < 1.29 is 9.52 Å². The number of aromatic nitrogens is 1. The molecule has 1 aliphatic heterocycles. The van der Waals surface area contributed by atoms with Crippen molar-refractivity contribution in [2.24, 2.45) is 0 Å². The van der Waals surface area contributed by atoms with Gasteiger partial charge < -0.3 is 19.7 Å². The number of nitrogens with one attached hydrogen (secondary N) is 1. The van der Waals surface area contributed by atoms with Gasteiger partial charge in [0.1, 0.15) is 11.9 Å². The molecule has 0 bridgehead atoms. The van der Waals surface area contributed by atoms with Crippen LogP contribution in [0.2, 0.25) is 0 Å². The van der Waals surface area contributed by atoms with Crippen LogP contribution in [0, 0.1) is 0 Å². The molecule has 1 saturated heterocycles. The van der Waals surface area contributed by atoms with E-state index in [-0.39, 0.29) is 0 Å². The van der Waals surface area contributed by atoms with Crippen molar-refractivity contribution in [3.8, 4) is 0 Å². The Labute approximate surface area is 122 Å². The zero-order chi connectivity index (χ0) is 13.8. The Morgan fingerprint density at radius 3 is 3.00 bits per heavy atom. The number of anilines is 1. The Hall–Kier alpha value is -1.37. The molecule has 0 saturated carbocycles. The van der Waals surface area contributed by atoms with Crippen LogP contribution in [0.15, 0.2) is 34.4 Å². The third-order valence-corrected chi connectivity index (χ3v) is 4.49. The van der Waals surface area contributed by atoms with Gasteiger partial charge in [-0.15, -0.1) is 11.3 Å². The topological polar surface area (TPSA) is 61.5 Å². The molecular weight excluding hydrogens is 274 g/mol. The first-order valence-electron chi connectivity index (χ1n) is 6.92. The average molecular weight is 293 g/mol. The van der Waals surface area contributed by atoms with Crippen LogP contribution < -0.4 is 10.2 Å². The van der Waals surface area contributed by atoms with Crippen molar-refractivity contribution >= 4 is 16.5 Å². The Bertz CT molecular complexity index is 492. The van der Waals surface area contributed by atoms with Crippen molar-refractivity contribution in [2.75, 3.05) is 24.5 Å². The molecule has 1 aliphatic rings. The Morgan fingerprint density at radius 2 is 2.35 bits per heavy atom. The molecule has 3 heterocycles. The van der Waals surface area contributed by atoms with E-state index in [1.807, 2.05) is 11.6 Å². The smallest absolute Gasteiger partial charge is 0.185 e. The summed E-state index contributed by atoms with van der Waals surface area (Å²) < 4.78 is 5.20. The molecule has 6 heteroatoms. The lowest BCUT2D eigenvalue weighted by Gasteiger charge is -2.32. The second kappa shape index (κ2) is 6.39. The number of rotatable bonds is 5. The fourth-order valence-electron chi connectivity index (χ4n) is 2.51. The molecule has 2 aromatic heterocycles. The van der Waals surface area contributed by atoms with Gasteiger partial charge in [0.2, 0.25) is 0 Å². The van der Waals surface area contributed by atoms with Crippen molar-refractivity contribution in [1.29, 1.82) is 0 Å². The van der Waals surface area contributed by atoms with Crippen molar-refractivity contribution in [2.45, 2.75) is 25.0 Å². The van der Waals surface area contributed by atoms with Gasteiger partial charge >= 0.3 is 0 Å². The van der Waals surface area contributed by atoms with Crippen LogP contribution in [-0.2, 0) is 0 Å². The quantitative estimate of drug-likeness (QED) is 0.883. The summed E-state index contributed by atoms with van der Waals surface area (Å²) in [5.41, 5.74) is 0. The van der Waals surface area contributed by atoms with Crippen molar-refractivity contribution in [1.82, 2.24) is 10.3 Å². The Balaban J connectivity index is 1.43. The minimum absolute atomic E-state index is 0.454. The SMILES string of the molecule is O[C@H](CNC1CCN(c2nccs2)CC1)c1ccco1. The van der Waals surface area contributed by atoms with Gasteiger partial charge in [-0.05, 0) is 25.0 Å². The monoisotopic (exact) mass is 293 g/mol. The molecule has 108 valence electrons. The number of aliphatic hydroxyl groups excluding tert-OH is 1. The van der Waals surface area contributed by atoms with Crippen LogP contribution >= 0.6 is 11.3 Å². The lowest BCUT2D eigenvalue weighted by Crippen LogP contribution is -2.43. The summed E-state index contributed by atoms with van der Waals surface area (Å²) in [6, 6.07) is 4.05. The van der Waals surface area contributed by atoms with Gasteiger partial charge in [-0.1, -0.05) is 0 Å². The summed E-state index contributed by atoms with van der Waals surface area (Å²) in [5.74, 6) is 0.623. The molecule has 0 radical (unpaired) electrons. The number of thiazole rings is 1. The van der Waals surface area contributed by atoms with Crippen LogP contribution in [0.1, 0.15) is 24.7 Å². The van der Waals surface area contributed by atoms with Gasteiger partial charge in [0.05, 0.1) is 6.26 Å². The summed E-state index contributed by atoms with van der Waals surface area (Å²) in [5, 5.41) is 16.5. The molecule has 0 aromatic carbocycles. The normalized spacial score (nSPS) is 18.4. The Kier molecular flexibility index (Phi) is 4.34. The zero-order valence-electron chi connectivity index (χ0n) is 11.2. The number of piperidine rings is 1. The van der Waals surface area contributed by atoms with E-state index >= 15 is 0 Å². The second-order valence-electron chi connectivity index (χ2n) is 5.02. The standard InChI is InChI=1S/C14H19N3O2S/c18-12(13-2-1-8-19-13)10-16-11-3-6-17(7-4-11)14-15-5-9-20-14/h1-2,5,8-9,11-12,16,18H,3-4,6-7,10H2/t12-/m1/s1. The third-order valence-electron chi connectivity index (χ3n) is 3.66. The molecule has 2 aromatic rings. The summed E-state index contributed by atoms with van der Waals surface area (Å²) in [4.78, 5) is 6.67. The van der Waals surface area contributed by atoms with E-state index in [0.717, 1.165) is 31.1 Å². The number of hydrogen-bond donors (Lipinski definition) is 2. The summed E-state index contributed by atoms with van der Waals surface area (Å²) in [6.45, 7) is 2.57. The molecule has 0 unspecified atom stereocenters. The van der Waals surface area contributed by atoms with Crippen LogP contribution in [0.5, 0.6) is 0 Å². The van der Waals surface area contributed by atoms with E-state index in [4.69, 9.17) is 4.42 Å². The molecular formula is C14H19N3O2S. The molecule has 20 heavy (non-hydrogen) atoms. The summed E-state index contributed by atoms with van der Waals surface area (Å²) in [6.07, 6.45) is 5.02. The predicted molar refractivity (Wildman–Crippen MR) is 79.0 cm³/mol. The maximum absolute atomic E-state index is 9.97. The van der Waals surface area contributed by atoms with Gasteiger partial charge in [-0.3, -0.25) is 0 Å². The van der Waals surface area contributed by atoms with Gasteiger partial charge in [-0.2, -0.15) is 0 Å². The first-order valence-corrected chi connectivity index (χ1v) is 7.80. The Morgan fingerprint density at radius 1 is 1.50 bits per heavy atom. The fourth-order valence-corrected chi connectivity index (χ4v) is 3.20. The van der Waals surface area contributed by atoms with E-state index in [2.05, 4.69) is 15.2 Å². The van der Waals surface area contributed by atoms with Crippen LogP contribution in [-0.4, -0.2) is 35.8 Å². The number of furan rings is 1. The minimum Gasteiger partial charge on any atom is -0.467 e. The first-order chi connectivity index (χ1) is 9.83. The molecule has 1 atom stereocenters. The molecule has 0 spiro atoms. The number of nitrogens with zero attached hydrogens (tertiary/aromatic N) is 2. The van der Waals surface area contributed by atoms with E-state index in [0.29, 0.717) is 18.3 Å². The largest absolute Gasteiger partial charge is 0.467 e. The van der Waals surface area contributed by atoms with Crippen molar-refractivity contribution in [3.63, 3.8) is 0 Å². The molecule has 0 amide bonds. The molecule has 2 N–H and O–H groups in total. The lowest BCUT2D eigenvalue weighted by atomic mass is 10.1. The maximum atomic E-state index is 9.97. The van der Waals surface area contributed by atoms with Gasteiger partial charge in [-0.25, -0.2) is 4.98 Å². The predicted octanol–water partition coefficient (Wildman–Crippen LogP) is 2.03. The summed E-state index contributed by atoms with van der Waals surface area (Å²) in [7, 11) is 0. The van der Waals surface area contributed by atoms with Crippen LogP contribution in [0.25, 0.3) is 0 Å². The van der Waals surface area contributed by atoms with E-state index < -0.39 is 6.10 Å². The van der Waals surface area contributed by atoms with Gasteiger partial charge in [0, 0.05) is 37.3 Å². The van der Waals surface area contributed by atoms with Crippen LogP contribution in [0.4, 0.5) is 5.13 Å². The van der Waals surface area contributed by atoms with Crippen LogP contribution in [0.3, 0.4) is 0 Å². The number of aliphatic hydroxyl groups is 1. The third kappa shape index (κ3) is 3.20. The molecule has 3 rings (SSSR count). The van der Waals surface area contributed by atoms with E-state index in [9.17, 15) is 5.11 Å². The maximum Gasteiger partial charge on any atom is 0.185 e. The molecule has 5 nitrogen and oxygen atoms in total. The fraction of sp³-hybridized carbons (Fsp3) is 0.500. The molecule has 0 aliphatic carbocycles. The van der Waals surface area contributed by atoms with Gasteiger partial charge in [0.25, 0.3) is 0 Å². The highest BCUT2D eigenvalue weighted by atomic mass is 32.1. The van der Waals surface area contributed by atoms with E-state index in [1.54, 1.807) is 29.7 Å². The molecule has 1 fully saturated rings. The summed E-state index contributed by atoms with van der Waals surface area (Å²) >= 11 is 1.69. The van der Waals surface area contributed by atoms with E-state index in [1.165, 1.54) is 0 Å². The number of hydrogen-bond acceptors (Lipinski definition) is 6. The lowest BCUT2D eigenvalue weighted by molar-refractivity contribution is 0.141. The highest BCUT2D eigenvalue weighted by molar-refractivity contribution is 7.13. The minimum atomic E-state index is -0.568. The highest BCUT2D eigenvalue weighted by Crippen LogP contribution is 2.22. The highest BCUT2D eigenvalue weighted by Gasteiger charge is 2.21.